The summed E-state index contributed by atoms with van der Waals surface area (Å²) in [6.45, 7) is 0. The van der Waals surface area contributed by atoms with E-state index in [2.05, 4.69) is 0 Å². The van der Waals surface area contributed by atoms with E-state index in [4.69, 9.17) is 5.11 Å². The van der Waals surface area contributed by atoms with Crippen LogP contribution in [0.2, 0.25) is 0 Å². The second kappa shape index (κ2) is 4.20. The van der Waals surface area contributed by atoms with E-state index < -0.39 is 17.6 Å². The zero-order valence-electron chi connectivity index (χ0n) is 8.67. The second-order valence-corrected chi connectivity index (χ2v) is 4.13. The summed E-state index contributed by atoms with van der Waals surface area (Å²) in [4.78, 5) is 10.5. The molecule has 0 aromatic heterocycles. The van der Waals surface area contributed by atoms with Gasteiger partial charge in [-0.2, -0.15) is 0 Å². The molecule has 1 atom stereocenters. The number of aliphatic carboxylic acids is 1. The van der Waals surface area contributed by atoms with Crippen molar-refractivity contribution in [3.63, 3.8) is 0 Å². The molecular formula is C12H12F2O2. The number of benzene rings is 1. The van der Waals surface area contributed by atoms with Gasteiger partial charge in [0, 0.05) is 6.42 Å². The molecule has 1 unspecified atom stereocenters. The third-order valence-electron chi connectivity index (χ3n) is 3.09. The van der Waals surface area contributed by atoms with Gasteiger partial charge in [-0.15, -0.1) is 0 Å². The summed E-state index contributed by atoms with van der Waals surface area (Å²) in [6, 6.07) is 2.44. The molecule has 16 heavy (non-hydrogen) atoms. The number of hydrogen-bond donors (Lipinski definition) is 1. The standard InChI is InChI=1S/C12H12F2O2/c13-10-5-8-2-1-7(3-4-12(15)16)9(8)6-11(10)14/h5-7H,1-4H2,(H,15,16). The minimum atomic E-state index is -0.851. The molecule has 0 radical (unpaired) electrons. The number of halogens is 2. The smallest absolute Gasteiger partial charge is 0.303 e. The monoisotopic (exact) mass is 226 g/mol. The molecule has 1 aromatic rings. The van der Waals surface area contributed by atoms with E-state index >= 15 is 0 Å². The van der Waals surface area contributed by atoms with Gasteiger partial charge >= 0.3 is 5.97 Å². The number of carboxylic acids is 1. The third-order valence-corrected chi connectivity index (χ3v) is 3.09. The Morgan fingerprint density at radius 1 is 1.38 bits per heavy atom. The summed E-state index contributed by atoms with van der Waals surface area (Å²) in [7, 11) is 0. The highest BCUT2D eigenvalue weighted by molar-refractivity contribution is 5.66. The Kier molecular flexibility index (Phi) is 2.90. The molecule has 0 spiro atoms. The van der Waals surface area contributed by atoms with E-state index in [1.807, 2.05) is 0 Å². The van der Waals surface area contributed by atoms with Gasteiger partial charge in [-0.1, -0.05) is 0 Å². The van der Waals surface area contributed by atoms with E-state index in [1.54, 1.807) is 0 Å². The number of aryl methyl sites for hydroxylation is 1. The van der Waals surface area contributed by atoms with Crippen molar-refractivity contribution in [1.29, 1.82) is 0 Å². The van der Waals surface area contributed by atoms with Gasteiger partial charge in [-0.3, -0.25) is 4.79 Å². The first-order chi connectivity index (χ1) is 7.58. The maximum absolute atomic E-state index is 13.1. The number of rotatable bonds is 3. The lowest BCUT2D eigenvalue weighted by Gasteiger charge is -2.09. The molecule has 0 bridgehead atoms. The Morgan fingerprint density at radius 3 is 2.75 bits per heavy atom. The fourth-order valence-electron chi connectivity index (χ4n) is 2.28. The topological polar surface area (TPSA) is 37.3 Å². The molecule has 0 fully saturated rings. The third kappa shape index (κ3) is 2.05. The highest BCUT2D eigenvalue weighted by Gasteiger charge is 2.24. The Labute approximate surface area is 91.9 Å². The summed E-state index contributed by atoms with van der Waals surface area (Å²) >= 11 is 0. The van der Waals surface area contributed by atoms with Crippen LogP contribution in [-0.4, -0.2) is 11.1 Å². The van der Waals surface area contributed by atoms with Crippen LogP contribution in [0, 0.1) is 11.6 Å². The van der Waals surface area contributed by atoms with E-state index in [-0.39, 0.29) is 12.3 Å². The first-order valence-electron chi connectivity index (χ1n) is 5.27. The molecule has 0 aliphatic heterocycles. The molecule has 2 rings (SSSR count). The molecule has 1 aliphatic carbocycles. The quantitative estimate of drug-likeness (QED) is 0.860. The molecule has 1 aliphatic rings. The Bertz CT molecular complexity index is 429. The minimum absolute atomic E-state index is 0.0567. The number of carboxylic acid groups (broad SMARTS) is 1. The fourth-order valence-corrected chi connectivity index (χ4v) is 2.28. The highest BCUT2D eigenvalue weighted by Crippen LogP contribution is 2.37. The van der Waals surface area contributed by atoms with Gasteiger partial charge in [-0.25, -0.2) is 8.78 Å². The zero-order chi connectivity index (χ0) is 11.7. The summed E-state index contributed by atoms with van der Waals surface area (Å²) in [5.41, 5.74) is 1.59. The maximum Gasteiger partial charge on any atom is 0.303 e. The summed E-state index contributed by atoms with van der Waals surface area (Å²) in [5, 5.41) is 8.59. The van der Waals surface area contributed by atoms with Gasteiger partial charge in [-0.05, 0) is 48.4 Å². The van der Waals surface area contributed by atoms with E-state index in [0.717, 1.165) is 17.5 Å². The van der Waals surface area contributed by atoms with Crippen LogP contribution in [0.5, 0.6) is 0 Å². The Hall–Kier alpha value is -1.45. The van der Waals surface area contributed by atoms with Crippen LogP contribution in [0.3, 0.4) is 0 Å². The van der Waals surface area contributed by atoms with Crippen LogP contribution in [0.15, 0.2) is 12.1 Å². The minimum Gasteiger partial charge on any atom is -0.481 e. The zero-order valence-corrected chi connectivity index (χ0v) is 8.67. The number of carbonyl (C=O) groups is 1. The average Bonchev–Trinajstić information content (AvgIpc) is 2.58. The van der Waals surface area contributed by atoms with Crippen molar-refractivity contribution in [1.82, 2.24) is 0 Å². The van der Waals surface area contributed by atoms with Gasteiger partial charge in [0.05, 0.1) is 0 Å². The molecule has 0 saturated heterocycles. The summed E-state index contributed by atoms with van der Waals surface area (Å²) < 4.78 is 26.0. The largest absolute Gasteiger partial charge is 0.481 e. The molecular weight excluding hydrogens is 214 g/mol. The molecule has 0 heterocycles. The molecule has 4 heteroatoms. The normalized spacial score (nSPS) is 18.5. The SMILES string of the molecule is O=C(O)CCC1CCc2cc(F)c(F)cc21. The van der Waals surface area contributed by atoms with E-state index in [1.165, 1.54) is 12.1 Å². The summed E-state index contributed by atoms with van der Waals surface area (Å²) in [5.74, 6) is -2.46. The highest BCUT2D eigenvalue weighted by atomic mass is 19.2. The molecule has 2 nitrogen and oxygen atoms in total. The van der Waals surface area contributed by atoms with Crippen LogP contribution in [-0.2, 0) is 11.2 Å². The average molecular weight is 226 g/mol. The lowest BCUT2D eigenvalue weighted by Crippen LogP contribution is -2.01. The molecule has 1 aromatic carbocycles. The van der Waals surface area contributed by atoms with Gasteiger partial charge < -0.3 is 5.11 Å². The van der Waals surface area contributed by atoms with Crippen molar-refractivity contribution in [3.8, 4) is 0 Å². The second-order valence-electron chi connectivity index (χ2n) is 4.13. The molecule has 0 saturated carbocycles. The summed E-state index contributed by atoms with van der Waals surface area (Å²) in [6.07, 6.45) is 2.05. The van der Waals surface area contributed by atoms with Gasteiger partial charge in [0.1, 0.15) is 0 Å². The fraction of sp³-hybridized carbons (Fsp3) is 0.417. The van der Waals surface area contributed by atoms with Crippen molar-refractivity contribution in [2.75, 3.05) is 0 Å². The van der Waals surface area contributed by atoms with E-state index in [0.29, 0.717) is 12.8 Å². The van der Waals surface area contributed by atoms with Crippen molar-refractivity contribution in [2.45, 2.75) is 31.6 Å². The van der Waals surface area contributed by atoms with Gasteiger partial charge in [0.15, 0.2) is 11.6 Å². The van der Waals surface area contributed by atoms with Gasteiger partial charge in [0.2, 0.25) is 0 Å². The van der Waals surface area contributed by atoms with Crippen LogP contribution in [0.25, 0.3) is 0 Å². The number of hydrogen-bond acceptors (Lipinski definition) is 1. The Balaban J connectivity index is 2.19. The Morgan fingerprint density at radius 2 is 2.06 bits per heavy atom. The van der Waals surface area contributed by atoms with Crippen molar-refractivity contribution in [2.24, 2.45) is 0 Å². The molecule has 86 valence electrons. The van der Waals surface area contributed by atoms with Gasteiger partial charge in [0.25, 0.3) is 0 Å². The van der Waals surface area contributed by atoms with Crippen molar-refractivity contribution < 1.29 is 18.7 Å². The first kappa shape index (κ1) is 11.0. The van der Waals surface area contributed by atoms with Crippen LogP contribution >= 0.6 is 0 Å². The predicted octanol–water partition coefficient (Wildman–Crippen LogP) is 2.86. The van der Waals surface area contributed by atoms with E-state index in [9.17, 15) is 13.6 Å². The van der Waals surface area contributed by atoms with Crippen LogP contribution in [0.1, 0.15) is 36.3 Å². The lowest BCUT2D eigenvalue weighted by atomic mass is 9.96. The lowest BCUT2D eigenvalue weighted by molar-refractivity contribution is -0.137. The maximum atomic E-state index is 13.1. The predicted molar refractivity (Wildman–Crippen MR) is 54.3 cm³/mol. The first-order valence-corrected chi connectivity index (χ1v) is 5.27. The van der Waals surface area contributed by atoms with Crippen LogP contribution in [0.4, 0.5) is 8.78 Å². The van der Waals surface area contributed by atoms with Crippen LogP contribution < -0.4 is 0 Å². The van der Waals surface area contributed by atoms with Crippen molar-refractivity contribution in [3.05, 3.63) is 34.9 Å². The molecule has 0 amide bonds. The number of fused-ring (bicyclic) bond motifs is 1. The van der Waals surface area contributed by atoms with Crippen molar-refractivity contribution >= 4 is 5.97 Å². The molecule has 1 N–H and O–H groups in total.